The van der Waals surface area contributed by atoms with E-state index in [1.807, 2.05) is 0 Å². The van der Waals surface area contributed by atoms with Crippen molar-refractivity contribution in [1.82, 2.24) is 15.3 Å². The number of carbonyl (C=O) groups is 1. The van der Waals surface area contributed by atoms with Crippen LogP contribution in [0.4, 0.5) is 24.8 Å². The van der Waals surface area contributed by atoms with Crippen LogP contribution in [0.25, 0.3) is 0 Å². The van der Waals surface area contributed by atoms with Crippen molar-refractivity contribution in [2.45, 2.75) is 31.6 Å². The standard InChI is InChI=1S/C17H18ClF3N4O.CH2O2/c18-12-2-1-3-14(8-12)24-16-23-10-11(15(25-16)17(19,20)21)9-22-13-4-6-26-7-5-13;2-1-3/h1-3,8,10,13,22H,4-7,9H2,(H,23,24,25);1H,(H,2,3). The molecule has 0 saturated carbocycles. The Morgan fingerprint density at radius 2 is 2.00 bits per heavy atom. The number of ether oxygens (including phenoxy) is 1. The summed E-state index contributed by atoms with van der Waals surface area (Å²) in [5.41, 5.74) is -0.420. The number of carboxylic acid groups (broad SMARTS) is 1. The highest BCUT2D eigenvalue weighted by atomic mass is 35.5. The van der Waals surface area contributed by atoms with Gasteiger partial charge in [0.15, 0.2) is 5.69 Å². The molecule has 0 bridgehead atoms. The van der Waals surface area contributed by atoms with Crippen LogP contribution in [0.5, 0.6) is 0 Å². The lowest BCUT2D eigenvalue weighted by Gasteiger charge is -2.23. The van der Waals surface area contributed by atoms with Gasteiger partial charge in [-0.15, -0.1) is 0 Å². The molecule has 29 heavy (non-hydrogen) atoms. The second-order valence-electron chi connectivity index (χ2n) is 6.07. The van der Waals surface area contributed by atoms with Crippen molar-refractivity contribution in [2.75, 3.05) is 18.5 Å². The predicted molar refractivity (Wildman–Crippen MR) is 101 cm³/mol. The van der Waals surface area contributed by atoms with E-state index in [2.05, 4.69) is 20.6 Å². The third-order valence-corrected chi connectivity index (χ3v) is 4.25. The molecule has 3 rings (SSSR count). The summed E-state index contributed by atoms with van der Waals surface area (Å²) in [4.78, 5) is 16.1. The Hall–Kier alpha value is -2.43. The van der Waals surface area contributed by atoms with E-state index in [0.717, 1.165) is 12.8 Å². The van der Waals surface area contributed by atoms with Gasteiger partial charge in [-0.1, -0.05) is 17.7 Å². The second kappa shape index (κ2) is 10.9. The summed E-state index contributed by atoms with van der Waals surface area (Å²) in [6.07, 6.45) is -1.82. The van der Waals surface area contributed by atoms with Crippen LogP contribution in [0.1, 0.15) is 24.1 Å². The molecule has 1 aliphatic rings. The Bertz CT molecular complexity index is 802. The van der Waals surface area contributed by atoms with E-state index in [-0.39, 0.29) is 30.6 Å². The van der Waals surface area contributed by atoms with Crippen molar-refractivity contribution >= 4 is 29.7 Å². The number of nitrogens with one attached hydrogen (secondary N) is 2. The molecular weight excluding hydrogens is 413 g/mol. The molecule has 1 saturated heterocycles. The molecule has 11 heteroatoms. The lowest BCUT2D eigenvalue weighted by molar-refractivity contribution is -0.141. The van der Waals surface area contributed by atoms with Crippen molar-refractivity contribution < 1.29 is 27.8 Å². The summed E-state index contributed by atoms with van der Waals surface area (Å²) in [6, 6.07) is 6.73. The number of alkyl halides is 3. The number of rotatable bonds is 5. The first kappa shape index (κ1) is 22.9. The summed E-state index contributed by atoms with van der Waals surface area (Å²) >= 11 is 5.88. The number of nitrogens with zero attached hydrogens (tertiary/aromatic N) is 2. The molecule has 158 valence electrons. The lowest BCUT2D eigenvalue weighted by Crippen LogP contribution is -2.35. The van der Waals surface area contributed by atoms with Crippen LogP contribution >= 0.6 is 11.6 Å². The van der Waals surface area contributed by atoms with Crippen LogP contribution in [-0.2, 0) is 22.3 Å². The van der Waals surface area contributed by atoms with Gasteiger partial charge in [-0.25, -0.2) is 9.97 Å². The quantitative estimate of drug-likeness (QED) is 0.617. The zero-order chi connectivity index (χ0) is 21.3. The average molecular weight is 433 g/mol. The van der Waals surface area contributed by atoms with E-state index in [0.29, 0.717) is 23.9 Å². The minimum absolute atomic E-state index is 0.0145. The van der Waals surface area contributed by atoms with Crippen LogP contribution in [-0.4, -0.2) is 40.8 Å². The predicted octanol–water partition coefficient (Wildman–Crippen LogP) is 3.86. The van der Waals surface area contributed by atoms with E-state index >= 15 is 0 Å². The summed E-state index contributed by atoms with van der Waals surface area (Å²) in [5.74, 6) is -0.130. The Morgan fingerprint density at radius 1 is 1.31 bits per heavy atom. The highest BCUT2D eigenvalue weighted by Gasteiger charge is 2.36. The Labute approximate surface area is 170 Å². The van der Waals surface area contributed by atoms with Crippen molar-refractivity contribution in [3.05, 3.63) is 46.7 Å². The topological polar surface area (TPSA) is 96.4 Å². The monoisotopic (exact) mass is 432 g/mol. The van der Waals surface area contributed by atoms with Gasteiger partial charge < -0.3 is 20.5 Å². The van der Waals surface area contributed by atoms with E-state index in [4.69, 9.17) is 26.2 Å². The largest absolute Gasteiger partial charge is 0.483 e. The smallest absolute Gasteiger partial charge is 0.433 e. The third-order valence-electron chi connectivity index (χ3n) is 4.02. The Balaban J connectivity index is 0.000000941. The van der Waals surface area contributed by atoms with Gasteiger partial charge in [0.05, 0.1) is 0 Å². The van der Waals surface area contributed by atoms with Crippen molar-refractivity contribution in [2.24, 2.45) is 0 Å². The molecular formula is C18H20ClF3N4O3. The van der Waals surface area contributed by atoms with E-state index in [1.54, 1.807) is 24.3 Å². The molecule has 3 N–H and O–H groups in total. The summed E-state index contributed by atoms with van der Waals surface area (Å²) < 4.78 is 45.5. The second-order valence-corrected chi connectivity index (χ2v) is 6.51. The van der Waals surface area contributed by atoms with Crippen molar-refractivity contribution in [3.63, 3.8) is 0 Å². The highest BCUT2D eigenvalue weighted by Crippen LogP contribution is 2.31. The third kappa shape index (κ3) is 7.48. The Kier molecular flexibility index (Phi) is 8.62. The van der Waals surface area contributed by atoms with Crippen LogP contribution in [0.15, 0.2) is 30.5 Å². The van der Waals surface area contributed by atoms with Gasteiger partial charge >= 0.3 is 6.18 Å². The molecule has 2 heterocycles. The molecule has 1 aromatic carbocycles. The number of anilines is 2. The molecule has 0 unspecified atom stereocenters. The van der Waals surface area contributed by atoms with Crippen LogP contribution in [0, 0.1) is 0 Å². The minimum Gasteiger partial charge on any atom is -0.483 e. The Morgan fingerprint density at radius 3 is 2.62 bits per heavy atom. The zero-order valence-corrected chi connectivity index (χ0v) is 16.0. The first-order valence-electron chi connectivity index (χ1n) is 8.68. The molecule has 0 amide bonds. The molecule has 7 nitrogen and oxygen atoms in total. The number of hydrogen-bond acceptors (Lipinski definition) is 6. The van der Waals surface area contributed by atoms with Crippen LogP contribution < -0.4 is 10.6 Å². The maximum atomic E-state index is 13.4. The minimum atomic E-state index is -4.57. The average Bonchev–Trinajstić information content (AvgIpc) is 2.68. The zero-order valence-electron chi connectivity index (χ0n) is 15.2. The summed E-state index contributed by atoms with van der Waals surface area (Å²) in [7, 11) is 0. The number of halogens is 4. The van der Waals surface area contributed by atoms with Gasteiger partial charge in [-0.05, 0) is 31.0 Å². The molecule has 0 spiro atoms. The van der Waals surface area contributed by atoms with E-state index in [9.17, 15) is 13.2 Å². The number of hydrogen-bond donors (Lipinski definition) is 3. The normalized spacial score (nSPS) is 14.6. The number of aromatic nitrogens is 2. The number of benzene rings is 1. The molecule has 0 atom stereocenters. The van der Waals surface area contributed by atoms with Crippen LogP contribution in [0.3, 0.4) is 0 Å². The lowest BCUT2D eigenvalue weighted by atomic mass is 10.1. The summed E-state index contributed by atoms with van der Waals surface area (Å²) in [6.45, 7) is 1.03. The van der Waals surface area contributed by atoms with Gasteiger partial charge in [-0.2, -0.15) is 13.2 Å². The van der Waals surface area contributed by atoms with Gasteiger partial charge in [0, 0.05) is 48.3 Å². The maximum absolute atomic E-state index is 13.4. The van der Waals surface area contributed by atoms with Gasteiger partial charge in [0.1, 0.15) is 0 Å². The van der Waals surface area contributed by atoms with E-state index in [1.165, 1.54) is 6.20 Å². The summed E-state index contributed by atoms with van der Waals surface area (Å²) in [5, 5.41) is 13.2. The van der Waals surface area contributed by atoms with Gasteiger partial charge in [-0.3, -0.25) is 4.79 Å². The molecule has 1 aliphatic heterocycles. The molecule has 0 aliphatic carbocycles. The molecule has 2 aromatic rings. The first-order valence-corrected chi connectivity index (χ1v) is 9.06. The van der Waals surface area contributed by atoms with Crippen molar-refractivity contribution in [3.8, 4) is 0 Å². The SMILES string of the molecule is FC(F)(F)c1nc(Nc2cccc(Cl)c2)ncc1CNC1CCOCC1.O=CO. The molecule has 1 fully saturated rings. The van der Waals surface area contributed by atoms with E-state index < -0.39 is 11.9 Å². The first-order chi connectivity index (χ1) is 13.8. The maximum Gasteiger partial charge on any atom is 0.433 e. The fraction of sp³-hybridized carbons (Fsp3) is 0.389. The highest BCUT2D eigenvalue weighted by molar-refractivity contribution is 6.30. The molecule has 1 aromatic heterocycles. The molecule has 0 radical (unpaired) electrons. The fourth-order valence-electron chi connectivity index (χ4n) is 2.69. The van der Waals surface area contributed by atoms with Crippen molar-refractivity contribution in [1.29, 1.82) is 0 Å². The van der Waals surface area contributed by atoms with Gasteiger partial charge in [0.25, 0.3) is 6.47 Å². The van der Waals surface area contributed by atoms with Crippen LogP contribution in [0.2, 0.25) is 5.02 Å². The van der Waals surface area contributed by atoms with Gasteiger partial charge in [0.2, 0.25) is 5.95 Å². The fourth-order valence-corrected chi connectivity index (χ4v) is 2.88.